The van der Waals surface area contributed by atoms with Crippen LogP contribution in [0.1, 0.15) is 31.2 Å². The van der Waals surface area contributed by atoms with E-state index in [0.29, 0.717) is 24.2 Å². The molecule has 1 aliphatic carbocycles. The number of piperidine rings is 1. The molecule has 1 aromatic heterocycles. The molecular weight excluding hydrogens is 438 g/mol. The average molecular weight is 470 g/mol. The standard InChI is InChI=1S/C28H31N5O2/c29-27-26(32-23-10-12-25(13-11-23)35-24-6-2-1-3-7-24)22(14-15-31-27)18-30-17-20-5-4-16-33(19-20)28(34)21-8-9-21/h1-3,6-7,10-15,18,20-21,32H,4-5,8-9,16-17,19H2,(H2,29,31)/t20-/m0/s1. The third-order valence-corrected chi connectivity index (χ3v) is 6.47. The van der Waals surface area contributed by atoms with Gasteiger partial charge < -0.3 is 20.7 Å². The minimum absolute atomic E-state index is 0.282. The Labute approximate surface area is 206 Å². The van der Waals surface area contributed by atoms with Crippen molar-refractivity contribution in [2.24, 2.45) is 16.8 Å². The number of nitrogen functional groups attached to an aromatic ring is 1. The molecule has 0 radical (unpaired) electrons. The highest BCUT2D eigenvalue weighted by Crippen LogP contribution is 2.33. The van der Waals surface area contributed by atoms with Crippen molar-refractivity contribution < 1.29 is 9.53 Å². The lowest BCUT2D eigenvalue weighted by Gasteiger charge is -2.32. The molecule has 2 heterocycles. The van der Waals surface area contributed by atoms with Crippen LogP contribution in [-0.2, 0) is 4.79 Å². The van der Waals surface area contributed by atoms with Gasteiger partial charge in [0, 0.05) is 49.2 Å². The summed E-state index contributed by atoms with van der Waals surface area (Å²) in [5.41, 5.74) is 8.68. The van der Waals surface area contributed by atoms with E-state index < -0.39 is 0 Å². The van der Waals surface area contributed by atoms with Crippen molar-refractivity contribution in [2.45, 2.75) is 25.7 Å². The van der Waals surface area contributed by atoms with Crippen LogP contribution in [0.5, 0.6) is 11.5 Å². The first-order valence-electron chi connectivity index (χ1n) is 12.3. The third-order valence-electron chi connectivity index (χ3n) is 6.47. The molecule has 0 bridgehead atoms. The second-order valence-electron chi connectivity index (χ2n) is 9.29. The Morgan fingerprint density at radius 2 is 1.86 bits per heavy atom. The third kappa shape index (κ3) is 5.98. The molecule has 0 unspecified atom stereocenters. The Kier molecular flexibility index (Phi) is 6.93. The van der Waals surface area contributed by atoms with Gasteiger partial charge in [0.2, 0.25) is 5.91 Å². The molecule has 2 fully saturated rings. The fourth-order valence-corrected chi connectivity index (χ4v) is 4.42. The summed E-state index contributed by atoms with van der Waals surface area (Å²) in [6, 6.07) is 19.3. The maximum absolute atomic E-state index is 12.4. The number of pyridine rings is 1. The van der Waals surface area contributed by atoms with E-state index in [1.807, 2.05) is 71.8 Å². The van der Waals surface area contributed by atoms with Crippen molar-refractivity contribution in [2.75, 3.05) is 30.7 Å². The van der Waals surface area contributed by atoms with E-state index in [2.05, 4.69) is 10.3 Å². The molecule has 1 saturated heterocycles. The monoisotopic (exact) mass is 469 g/mol. The molecule has 1 saturated carbocycles. The van der Waals surface area contributed by atoms with E-state index in [0.717, 1.165) is 67.2 Å². The number of hydrogen-bond acceptors (Lipinski definition) is 6. The number of ether oxygens (including phenoxy) is 1. The molecule has 2 aliphatic rings. The van der Waals surface area contributed by atoms with Gasteiger partial charge in [-0.15, -0.1) is 0 Å². The Balaban J connectivity index is 1.21. The van der Waals surface area contributed by atoms with E-state index in [1.165, 1.54) is 0 Å². The summed E-state index contributed by atoms with van der Waals surface area (Å²) in [5, 5.41) is 3.37. The quantitative estimate of drug-likeness (QED) is 0.439. The van der Waals surface area contributed by atoms with Gasteiger partial charge >= 0.3 is 0 Å². The molecule has 1 amide bonds. The molecule has 180 valence electrons. The van der Waals surface area contributed by atoms with Crippen molar-refractivity contribution in [3.05, 3.63) is 72.4 Å². The average Bonchev–Trinajstić information content (AvgIpc) is 3.73. The molecule has 3 aromatic rings. The number of nitrogens with zero attached hydrogens (tertiary/aromatic N) is 3. The number of rotatable bonds is 8. The Morgan fingerprint density at radius 3 is 2.63 bits per heavy atom. The first-order chi connectivity index (χ1) is 17.2. The molecule has 7 heteroatoms. The number of aliphatic imine (C=N–C) groups is 1. The smallest absolute Gasteiger partial charge is 0.225 e. The van der Waals surface area contributed by atoms with Gasteiger partial charge in [-0.3, -0.25) is 9.79 Å². The summed E-state index contributed by atoms with van der Waals surface area (Å²) < 4.78 is 5.87. The predicted molar refractivity (Wildman–Crippen MR) is 139 cm³/mol. The van der Waals surface area contributed by atoms with E-state index in [1.54, 1.807) is 6.20 Å². The number of carbonyl (C=O) groups is 1. The number of hydrogen-bond donors (Lipinski definition) is 2. The summed E-state index contributed by atoms with van der Waals surface area (Å²) in [6.07, 6.45) is 7.81. The SMILES string of the molecule is Nc1nccc(C=NC[C@@H]2CCCN(C(=O)C3CC3)C2)c1Nc1ccc(Oc2ccccc2)cc1. The van der Waals surface area contributed by atoms with Gasteiger partial charge in [0.05, 0.1) is 5.69 Å². The van der Waals surface area contributed by atoms with Crippen LogP contribution in [-0.4, -0.2) is 41.6 Å². The minimum atomic E-state index is 0.282. The summed E-state index contributed by atoms with van der Waals surface area (Å²) in [7, 11) is 0. The van der Waals surface area contributed by atoms with Gasteiger partial charge in [-0.2, -0.15) is 0 Å². The molecule has 1 atom stereocenters. The summed E-state index contributed by atoms with van der Waals surface area (Å²) in [5.74, 6) is 2.98. The highest BCUT2D eigenvalue weighted by Gasteiger charge is 2.35. The number of aromatic nitrogens is 1. The molecule has 1 aliphatic heterocycles. The Bertz CT molecular complexity index is 1180. The van der Waals surface area contributed by atoms with Crippen LogP contribution < -0.4 is 15.8 Å². The van der Waals surface area contributed by atoms with E-state index >= 15 is 0 Å². The van der Waals surface area contributed by atoms with Gasteiger partial charge in [-0.1, -0.05) is 18.2 Å². The van der Waals surface area contributed by atoms with Gasteiger partial charge in [0.25, 0.3) is 0 Å². The van der Waals surface area contributed by atoms with Crippen molar-refractivity contribution in [1.29, 1.82) is 0 Å². The number of carbonyl (C=O) groups excluding carboxylic acids is 1. The van der Waals surface area contributed by atoms with Crippen LogP contribution in [0, 0.1) is 11.8 Å². The lowest BCUT2D eigenvalue weighted by molar-refractivity contribution is -0.134. The maximum atomic E-state index is 12.4. The van der Waals surface area contributed by atoms with Crippen LogP contribution >= 0.6 is 0 Å². The van der Waals surface area contributed by atoms with Gasteiger partial charge in [0.1, 0.15) is 17.3 Å². The number of anilines is 3. The predicted octanol–water partition coefficient (Wildman–Crippen LogP) is 5.27. The maximum Gasteiger partial charge on any atom is 0.225 e. The Hall–Kier alpha value is -3.87. The largest absolute Gasteiger partial charge is 0.457 e. The zero-order valence-electron chi connectivity index (χ0n) is 19.8. The van der Waals surface area contributed by atoms with E-state index in [4.69, 9.17) is 15.5 Å². The molecule has 7 nitrogen and oxygen atoms in total. The minimum Gasteiger partial charge on any atom is -0.457 e. The molecule has 5 rings (SSSR count). The van der Waals surface area contributed by atoms with E-state index in [-0.39, 0.29) is 5.92 Å². The van der Waals surface area contributed by atoms with Crippen molar-refractivity contribution in [3.63, 3.8) is 0 Å². The summed E-state index contributed by atoms with van der Waals surface area (Å²) in [6.45, 7) is 2.40. The fourth-order valence-electron chi connectivity index (χ4n) is 4.42. The number of nitrogens with two attached hydrogens (primary N) is 1. The van der Waals surface area contributed by atoms with Crippen LogP contribution in [0.3, 0.4) is 0 Å². The zero-order valence-corrected chi connectivity index (χ0v) is 19.8. The highest BCUT2D eigenvalue weighted by atomic mass is 16.5. The topological polar surface area (TPSA) is 92.8 Å². The number of amides is 1. The fraction of sp³-hybridized carbons (Fsp3) is 0.321. The normalized spacial score (nSPS) is 17.9. The molecule has 35 heavy (non-hydrogen) atoms. The summed E-state index contributed by atoms with van der Waals surface area (Å²) >= 11 is 0. The van der Waals surface area contributed by atoms with Gasteiger partial charge in [0.15, 0.2) is 0 Å². The van der Waals surface area contributed by atoms with E-state index in [9.17, 15) is 4.79 Å². The van der Waals surface area contributed by atoms with Crippen LogP contribution in [0.25, 0.3) is 0 Å². The highest BCUT2D eigenvalue weighted by molar-refractivity contribution is 5.92. The first-order valence-corrected chi connectivity index (χ1v) is 12.3. The Morgan fingerprint density at radius 1 is 1.09 bits per heavy atom. The second-order valence-corrected chi connectivity index (χ2v) is 9.29. The zero-order chi connectivity index (χ0) is 24.0. The number of likely N-dealkylation sites (tertiary alicyclic amines) is 1. The first kappa shape index (κ1) is 22.9. The van der Waals surface area contributed by atoms with Gasteiger partial charge in [-0.25, -0.2) is 4.98 Å². The molecule has 0 spiro atoms. The number of benzene rings is 2. The van der Waals surface area contributed by atoms with Gasteiger partial charge in [-0.05, 0) is 74.1 Å². The van der Waals surface area contributed by atoms with Crippen LogP contribution in [0.2, 0.25) is 0 Å². The molecule has 2 aromatic carbocycles. The second kappa shape index (κ2) is 10.6. The lowest BCUT2D eigenvalue weighted by Crippen LogP contribution is -2.41. The van der Waals surface area contributed by atoms with Crippen LogP contribution in [0.15, 0.2) is 71.9 Å². The number of nitrogens with one attached hydrogen (secondary N) is 1. The van der Waals surface area contributed by atoms with Crippen LogP contribution in [0.4, 0.5) is 17.2 Å². The van der Waals surface area contributed by atoms with Crippen molar-refractivity contribution >= 4 is 29.3 Å². The van der Waals surface area contributed by atoms with Crippen molar-refractivity contribution in [1.82, 2.24) is 9.88 Å². The molecular formula is C28H31N5O2. The number of para-hydroxylation sites is 1. The summed E-state index contributed by atoms with van der Waals surface area (Å²) in [4.78, 5) is 23.4. The lowest BCUT2D eigenvalue weighted by atomic mass is 9.98. The van der Waals surface area contributed by atoms with Crippen molar-refractivity contribution in [3.8, 4) is 11.5 Å². The molecule has 3 N–H and O–H groups in total.